The van der Waals surface area contributed by atoms with Gasteiger partial charge in [-0.15, -0.1) is 0 Å². The summed E-state index contributed by atoms with van der Waals surface area (Å²) in [5.74, 6) is -0.546. The maximum Gasteiger partial charge on any atom is 0.414 e. The SMILES string of the molecule is NC(=O)c1ccc(N2CCOC2=O)c(-c2ccc(Cl)c(-c3ccccn3)c2)c1. The van der Waals surface area contributed by atoms with Gasteiger partial charge in [-0.1, -0.05) is 23.7 Å². The van der Waals surface area contributed by atoms with E-state index in [4.69, 9.17) is 22.1 Å². The molecule has 2 N–H and O–H groups in total. The molecule has 0 unspecified atom stereocenters. The van der Waals surface area contributed by atoms with Crippen molar-refractivity contribution < 1.29 is 14.3 Å². The summed E-state index contributed by atoms with van der Waals surface area (Å²) in [5.41, 5.74) is 9.39. The Morgan fingerprint density at radius 2 is 1.96 bits per heavy atom. The Morgan fingerprint density at radius 1 is 1.11 bits per heavy atom. The van der Waals surface area contributed by atoms with E-state index in [0.29, 0.717) is 35.0 Å². The van der Waals surface area contributed by atoms with Crippen molar-refractivity contribution in [1.29, 1.82) is 0 Å². The molecule has 6 nitrogen and oxygen atoms in total. The smallest absolute Gasteiger partial charge is 0.414 e. The first-order valence-electron chi connectivity index (χ1n) is 8.64. The Kier molecular flexibility index (Phi) is 4.71. The number of benzene rings is 2. The van der Waals surface area contributed by atoms with Crippen molar-refractivity contribution in [2.45, 2.75) is 0 Å². The number of nitrogens with zero attached hydrogens (tertiary/aromatic N) is 2. The van der Waals surface area contributed by atoms with E-state index < -0.39 is 12.0 Å². The molecule has 2 amide bonds. The molecule has 0 saturated carbocycles. The molecule has 0 radical (unpaired) electrons. The number of carbonyl (C=O) groups excluding carboxylic acids is 2. The number of cyclic esters (lactones) is 1. The molecule has 0 aliphatic carbocycles. The minimum atomic E-state index is -0.546. The summed E-state index contributed by atoms with van der Waals surface area (Å²) >= 11 is 6.39. The average Bonchev–Trinajstić information content (AvgIpc) is 3.14. The molecule has 3 aromatic rings. The topological polar surface area (TPSA) is 85.5 Å². The number of hydrogen-bond donors (Lipinski definition) is 1. The number of primary amides is 1. The van der Waals surface area contributed by atoms with Crippen LogP contribution in [0, 0.1) is 0 Å². The number of pyridine rings is 1. The van der Waals surface area contributed by atoms with Crippen LogP contribution < -0.4 is 10.6 Å². The predicted molar refractivity (Wildman–Crippen MR) is 107 cm³/mol. The van der Waals surface area contributed by atoms with Crippen LogP contribution in [0.5, 0.6) is 0 Å². The van der Waals surface area contributed by atoms with E-state index in [9.17, 15) is 9.59 Å². The molecule has 140 valence electrons. The summed E-state index contributed by atoms with van der Waals surface area (Å²) < 4.78 is 5.06. The fourth-order valence-electron chi connectivity index (χ4n) is 3.18. The molecule has 1 fully saturated rings. The third-order valence-electron chi connectivity index (χ3n) is 4.55. The standard InChI is InChI=1S/C21H16ClN3O3/c22-17-6-4-13(11-16(17)18-3-1-2-8-24-18)15-12-14(20(23)26)5-7-19(15)25-9-10-28-21(25)27/h1-8,11-12H,9-10H2,(H2,23,26). The summed E-state index contributed by atoms with van der Waals surface area (Å²) in [6, 6.07) is 16.0. The largest absolute Gasteiger partial charge is 0.447 e. The third kappa shape index (κ3) is 3.30. The molecule has 1 saturated heterocycles. The van der Waals surface area contributed by atoms with Gasteiger partial charge >= 0.3 is 6.09 Å². The quantitative estimate of drug-likeness (QED) is 0.722. The fourth-order valence-corrected chi connectivity index (χ4v) is 3.39. The molecule has 1 aliphatic rings. The number of rotatable bonds is 4. The van der Waals surface area contributed by atoms with E-state index >= 15 is 0 Å². The number of amides is 2. The molecule has 1 aromatic heterocycles. The normalized spacial score (nSPS) is 13.5. The molecular weight excluding hydrogens is 378 g/mol. The molecule has 2 aromatic carbocycles. The van der Waals surface area contributed by atoms with E-state index in [1.54, 1.807) is 30.5 Å². The highest BCUT2D eigenvalue weighted by atomic mass is 35.5. The maximum absolute atomic E-state index is 12.1. The van der Waals surface area contributed by atoms with Gasteiger partial charge in [0.05, 0.1) is 17.9 Å². The maximum atomic E-state index is 12.1. The second-order valence-corrected chi connectivity index (χ2v) is 6.68. The van der Waals surface area contributed by atoms with Crippen LogP contribution in [0.15, 0.2) is 60.8 Å². The van der Waals surface area contributed by atoms with Gasteiger partial charge < -0.3 is 10.5 Å². The van der Waals surface area contributed by atoms with Crippen molar-refractivity contribution in [3.8, 4) is 22.4 Å². The molecule has 0 bridgehead atoms. The molecule has 0 spiro atoms. The Morgan fingerprint density at radius 3 is 2.64 bits per heavy atom. The lowest BCUT2D eigenvalue weighted by molar-refractivity contribution is 0.100. The Hall–Kier alpha value is -3.38. The van der Waals surface area contributed by atoms with Crippen LogP contribution in [-0.4, -0.2) is 30.1 Å². The molecule has 28 heavy (non-hydrogen) atoms. The lowest BCUT2D eigenvalue weighted by Gasteiger charge is -2.19. The molecular formula is C21H16ClN3O3. The van der Waals surface area contributed by atoms with Crippen molar-refractivity contribution in [1.82, 2.24) is 4.98 Å². The highest BCUT2D eigenvalue weighted by Gasteiger charge is 2.26. The van der Waals surface area contributed by atoms with Gasteiger partial charge in [-0.25, -0.2) is 4.79 Å². The Labute approximate surface area is 166 Å². The molecule has 0 atom stereocenters. The number of ether oxygens (including phenoxy) is 1. The van der Waals surface area contributed by atoms with Gasteiger partial charge in [0, 0.05) is 27.9 Å². The van der Waals surface area contributed by atoms with E-state index in [0.717, 1.165) is 16.8 Å². The lowest BCUT2D eigenvalue weighted by Crippen LogP contribution is -2.24. The highest BCUT2D eigenvalue weighted by molar-refractivity contribution is 6.33. The van der Waals surface area contributed by atoms with Gasteiger partial charge in [-0.3, -0.25) is 14.7 Å². The van der Waals surface area contributed by atoms with Gasteiger partial charge in [0.25, 0.3) is 0 Å². The second-order valence-electron chi connectivity index (χ2n) is 6.27. The van der Waals surface area contributed by atoms with Gasteiger partial charge in [0.2, 0.25) is 5.91 Å². The summed E-state index contributed by atoms with van der Waals surface area (Å²) in [5, 5.41) is 0.552. The van der Waals surface area contributed by atoms with Crippen LogP contribution in [0.4, 0.5) is 10.5 Å². The molecule has 4 rings (SSSR count). The Bertz CT molecular complexity index is 1070. The van der Waals surface area contributed by atoms with E-state index in [1.165, 1.54) is 4.90 Å². The number of anilines is 1. The zero-order valence-electron chi connectivity index (χ0n) is 14.8. The van der Waals surface area contributed by atoms with E-state index in [1.807, 2.05) is 30.3 Å². The van der Waals surface area contributed by atoms with Gasteiger partial charge in [0.15, 0.2) is 0 Å². The first-order chi connectivity index (χ1) is 13.5. The first kappa shape index (κ1) is 18.0. The highest BCUT2D eigenvalue weighted by Crippen LogP contribution is 2.37. The van der Waals surface area contributed by atoms with E-state index in [2.05, 4.69) is 4.98 Å². The number of halogens is 1. The average molecular weight is 394 g/mol. The summed E-state index contributed by atoms with van der Waals surface area (Å²) in [6.45, 7) is 0.748. The monoisotopic (exact) mass is 393 g/mol. The van der Waals surface area contributed by atoms with Crippen LogP contribution in [0.2, 0.25) is 5.02 Å². The minimum Gasteiger partial charge on any atom is -0.447 e. The third-order valence-corrected chi connectivity index (χ3v) is 4.88. The number of hydrogen-bond acceptors (Lipinski definition) is 4. The number of aromatic nitrogens is 1. The number of carbonyl (C=O) groups is 2. The van der Waals surface area contributed by atoms with E-state index in [-0.39, 0.29) is 0 Å². The van der Waals surface area contributed by atoms with Crippen molar-refractivity contribution in [2.24, 2.45) is 5.73 Å². The van der Waals surface area contributed by atoms with Crippen LogP contribution in [0.25, 0.3) is 22.4 Å². The fraction of sp³-hybridized carbons (Fsp3) is 0.0952. The van der Waals surface area contributed by atoms with Crippen molar-refractivity contribution in [3.63, 3.8) is 0 Å². The van der Waals surface area contributed by atoms with Crippen LogP contribution >= 0.6 is 11.6 Å². The zero-order valence-corrected chi connectivity index (χ0v) is 15.5. The van der Waals surface area contributed by atoms with Crippen molar-refractivity contribution in [3.05, 3.63) is 71.4 Å². The first-order valence-corrected chi connectivity index (χ1v) is 9.02. The summed E-state index contributed by atoms with van der Waals surface area (Å²) in [7, 11) is 0. The molecule has 1 aliphatic heterocycles. The molecule has 2 heterocycles. The predicted octanol–water partition coefficient (Wildman–Crippen LogP) is 4.12. The van der Waals surface area contributed by atoms with Gasteiger partial charge in [-0.05, 0) is 48.0 Å². The van der Waals surface area contributed by atoms with Crippen LogP contribution in [0.1, 0.15) is 10.4 Å². The second kappa shape index (κ2) is 7.32. The van der Waals surface area contributed by atoms with Gasteiger partial charge in [-0.2, -0.15) is 0 Å². The zero-order chi connectivity index (χ0) is 19.7. The molecule has 7 heteroatoms. The summed E-state index contributed by atoms with van der Waals surface area (Å²) in [6.07, 6.45) is 1.27. The lowest BCUT2D eigenvalue weighted by atomic mass is 9.97. The van der Waals surface area contributed by atoms with Crippen LogP contribution in [0.3, 0.4) is 0 Å². The minimum absolute atomic E-state index is 0.315. The Balaban J connectivity index is 1.89. The van der Waals surface area contributed by atoms with Crippen molar-refractivity contribution in [2.75, 3.05) is 18.1 Å². The summed E-state index contributed by atoms with van der Waals surface area (Å²) in [4.78, 5) is 29.7. The number of nitrogens with two attached hydrogens (primary N) is 1. The van der Waals surface area contributed by atoms with Gasteiger partial charge in [0.1, 0.15) is 6.61 Å². The van der Waals surface area contributed by atoms with Crippen molar-refractivity contribution >= 4 is 29.3 Å². The van der Waals surface area contributed by atoms with Crippen LogP contribution in [-0.2, 0) is 4.74 Å².